The summed E-state index contributed by atoms with van der Waals surface area (Å²) in [6.45, 7) is 14.8. The number of carbonyl (C=O) groups excluding carboxylic acids is 4. The van der Waals surface area contributed by atoms with Crippen LogP contribution in [0.1, 0.15) is 50.7 Å². The number of esters is 1. The third-order valence-corrected chi connectivity index (χ3v) is 9.87. The highest BCUT2D eigenvalue weighted by Crippen LogP contribution is 2.61. The number of hydrogen-bond donors (Lipinski definition) is 2. The van der Waals surface area contributed by atoms with E-state index in [1.165, 1.54) is 4.90 Å². The number of allylic oxidation sites excluding steroid dienone is 1. The monoisotopic (exact) mass is 673 g/mol. The first kappa shape index (κ1) is 33.9. The van der Waals surface area contributed by atoms with Crippen LogP contribution in [0.4, 0.5) is 5.69 Å². The summed E-state index contributed by atoms with van der Waals surface area (Å²) in [5.74, 6) is -3.49. The number of likely N-dealkylation sites (tertiary alicyclic amines) is 1. The smallest absolute Gasteiger partial charge is 0.312 e. The molecule has 0 radical (unpaired) electrons. The van der Waals surface area contributed by atoms with Gasteiger partial charge in [0.1, 0.15) is 17.7 Å². The number of benzene rings is 1. The van der Waals surface area contributed by atoms with E-state index in [0.717, 1.165) is 11.1 Å². The standard InChI is InChI=1S/C33H44BrN3O7/c1-7-10-11-25(39)35-17-21(6)43-32(42)26-27-30(40)37(22(9-3)18-38)29(33(27)16-23(34)28(26)44-33)31(41)36(14-8-2)24-15-19(4)12-13-20(24)5/h7-8,12-13,15,21-23,26-29,38H,1-2,9-11,14,16-18H2,3-6H3,(H,35,39)/t21-,22-,23?,26-,27+,28-,29-,33+/m0/s1. The van der Waals surface area contributed by atoms with Gasteiger partial charge in [0.25, 0.3) is 5.91 Å². The molecule has 0 saturated carbocycles. The third kappa shape index (κ3) is 6.10. The maximum atomic E-state index is 14.7. The number of hydrogen-bond acceptors (Lipinski definition) is 7. The zero-order chi connectivity index (χ0) is 32.3. The van der Waals surface area contributed by atoms with Gasteiger partial charge in [-0.3, -0.25) is 19.2 Å². The molecule has 2 N–H and O–H groups in total. The number of rotatable bonds is 14. The first-order chi connectivity index (χ1) is 20.9. The molecule has 3 heterocycles. The van der Waals surface area contributed by atoms with Crippen molar-refractivity contribution in [1.82, 2.24) is 10.2 Å². The largest absolute Gasteiger partial charge is 0.460 e. The molecule has 10 nitrogen and oxygen atoms in total. The summed E-state index contributed by atoms with van der Waals surface area (Å²) in [7, 11) is 0. The highest BCUT2D eigenvalue weighted by molar-refractivity contribution is 9.09. The summed E-state index contributed by atoms with van der Waals surface area (Å²) in [6.07, 6.45) is 3.50. The maximum Gasteiger partial charge on any atom is 0.312 e. The summed E-state index contributed by atoms with van der Waals surface area (Å²) >= 11 is 3.68. The summed E-state index contributed by atoms with van der Waals surface area (Å²) < 4.78 is 12.4. The molecule has 3 aliphatic rings. The predicted octanol–water partition coefficient (Wildman–Crippen LogP) is 3.36. The number of amides is 3. The fraction of sp³-hybridized carbons (Fsp3) is 0.576. The van der Waals surface area contributed by atoms with Gasteiger partial charge in [-0.25, -0.2) is 0 Å². The molecular weight excluding hydrogens is 630 g/mol. The Morgan fingerprint density at radius 2 is 2.02 bits per heavy atom. The van der Waals surface area contributed by atoms with Crippen molar-refractivity contribution in [1.29, 1.82) is 0 Å². The van der Waals surface area contributed by atoms with Crippen LogP contribution in [0.25, 0.3) is 0 Å². The summed E-state index contributed by atoms with van der Waals surface area (Å²) in [5.41, 5.74) is 1.24. The van der Waals surface area contributed by atoms with E-state index in [0.29, 0.717) is 24.9 Å². The molecule has 0 aliphatic carbocycles. The van der Waals surface area contributed by atoms with E-state index in [9.17, 15) is 24.3 Å². The molecule has 4 rings (SSSR count). The number of aliphatic hydroxyl groups is 1. The van der Waals surface area contributed by atoms with Crippen molar-refractivity contribution in [3.8, 4) is 0 Å². The second-order valence-corrected chi connectivity index (χ2v) is 13.2. The van der Waals surface area contributed by atoms with Gasteiger partial charge in [-0.2, -0.15) is 0 Å². The first-order valence-electron chi connectivity index (χ1n) is 15.3. The number of halogens is 1. The Hall–Kier alpha value is -3.02. The summed E-state index contributed by atoms with van der Waals surface area (Å²) in [4.78, 5) is 57.7. The van der Waals surface area contributed by atoms with Gasteiger partial charge in [-0.1, -0.05) is 47.1 Å². The van der Waals surface area contributed by atoms with Crippen LogP contribution in [-0.4, -0.2) is 88.1 Å². The van der Waals surface area contributed by atoms with Gasteiger partial charge in [0.2, 0.25) is 11.8 Å². The highest BCUT2D eigenvalue weighted by atomic mass is 79.9. The molecule has 44 heavy (non-hydrogen) atoms. The van der Waals surface area contributed by atoms with Crippen molar-refractivity contribution < 1.29 is 33.8 Å². The molecule has 8 atom stereocenters. The Labute approximate surface area is 267 Å². The molecule has 3 saturated heterocycles. The number of aryl methyl sites for hydroxylation is 2. The average molecular weight is 675 g/mol. The van der Waals surface area contributed by atoms with Crippen LogP contribution >= 0.6 is 15.9 Å². The molecule has 2 bridgehead atoms. The van der Waals surface area contributed by atoms with Crippen molar-refractivity contribution in [2.75, 3.05) is 24.6 Å². The number of anilines is 1. The van der Waals surface area contributed by atoms with Crippen molar-refractivity contribution in [2.24, 2.45) is 11.8 Å². The number of nitrogens with zero attached hydrogens (tertiary/aromatic N) is 2. The Kier molecular flexibility index (Phi) is 10.7. The van der Waals surface area contributed by atoms with E-state index in [1.54, 1.807) is 24.0 Å². The van der Waals surface area contributed by atoms with Crippen LogP contribution in [0.5, 0.6) is 0 Å². The van der Waals surface area contributed by atoms with Gasteiger partial charge in [0, 0.05) is 23.5 Å². The first-order valence-corrected chi connectivity index (χ1v) is 16.2. The second-order valence-electron chi connectivity index (χ2n) is 12.1. The lowest BCUT2D eigenvalue weighted by Crippen LogP contribution is -2.59. The van der Waals surface area contributed by atoms with Gasteiger partial charge in [-0.15, -0.1) is 13.2 Å². The molecule has 1 aromatic rings. The number of nitrogens with one attached hydrogen (secondary N) is 1. The minimum Gasteiger partial charge on any atom is -0.460 e. The Balaban J connectivity index is 1.69. The SMILES string of the molecule is C=CCCC(=O)NC[C@H](C)OC(=O)[C@@H]1[C@H]2O[C@@]3(CC2Br)[C@H](C(=O)N(CC=C)c2cc(C)ccc2C)N([C@@H](CC)CO)C(=O)[C@@H]13. The third-order valence-electron chi connectivity index (χ3n) is 9.02. The molecule has 0 aromatic heterocycles. The Morgan fingerprint density at radius 3 is 2.66 bits per heavy atom. The minimum absolute atomic E-state index is 0.115. The van der Waals surface area contributed by atoms with Gasteiger partial charge in [0.15, 0.2) is 0 Å². The van der Waals surface area contributed by atoms with Gasteiger partial charge >= 0.3 is 5.97 Å². The van der Waals surface area contributed by atoms with Crippen molar-refractivity contribution in [3.05, 3.63) is 54.6 Å². The van der Waals surface area contributed by atoms with Crippen LogP contribution < -0.4 is 10.2 Å². The predicted molar refractivity (Wildman–Crippen MR) is 170 cm³/mol. The lowest BCUT2D eigenvalue weighted by molar-refractivity contribution is -0.159. The number of alkyl halides is 1. The lowest BCUT2D eigenvalue weighted by Gasteiger charge is -2.39. The molecular formula is C33H44BrN3O7. The lowest BCUT2D eigenvalue weighted by atomic mass is 9.70. The molecule has 3 amide bonds. The van der Waals surface area contributed by atoms with E-state index < -0.39 is 53.6 Å². The van der Waals surface area contributed by atoms with Crippen LogP contribution in [0.15, 0.2) is 43.5 Å². The van der Waals surface area contributed by atoms with E-state index in [-0.39, 0.29) is 42.8 Å². The number of fused-ring (bicyclic) bond motifs is 1. The fourth-order valence-corrected chi connectivity index (χ4v) is 7.86. The van der Waals surface area contributed by atoms with Crippen LogP contribution in [0.2, 0.25) is 0 Å². The quantitative estimate of drug-likeness (QED) is 0.176. The molecule has 240 valence electrons. The number of carbonyl (C=O) groups is 4. The summed E-state index contributed by atoms with van der Waals surface area (Å²) in [6, 6.07) is 4.10. The molecule has 3 fully saturated rings. The van der Waals surface area contributed by atoms with Gasteiger partial charge in [-0.05, 0) is 57.2 Å². The second kappa shape index (κ2) is 14.0. The maximum absolute atomic E-state index is 14.7. The summed E-state index contributed by atoms with van der Waals surface area (Å²) in [5, 5.41) is 13.1. The highest BCUT2D eigenvalue weighted by Gasteiger charge is 2.77. The van der Waals surface area contributed by atoms with Crippen molar-refractivity contribution >= 4 is 45.3 Å². The van der Waals surface area contributed by atoms with E-state index in [4.69, 9.17) is 9.47 Å². The normalized spacial score (nSPS) is 28.3. The zero-order valence-corrected chi connectivity index (χ0v) is 27.5. The molecule has 11 heteroatoms. The fourth-order valence-electron chi connectivity index (χ4n) is 6.91. The number of aliphatic hydroxyl groups excluding tert-OH is 1. The zero-order valence-electron chi connectivity index (χ0n) is 26.0. The average Bonchev–Trinajstić information content (AvgIpc) is 3.59. The van der Waals surface area contributed by atoms with Crippen LogP contribution in [0.3, 0.4) is 0 Å². The molecule has 1 unspecified atom stereocenters. The van der Waals surface area contributed by atoms with Crippen LogP contribution in [-0.2, 0) is 28.7 Å². The van der Waals surface area contributed by atoms with Crippen molar-refractivity contribution in [3.63, 3.8) is 0 Å². The minimum atomic E-state index is -1.31. The number of ether oxygens (including phenoxy) is 2. The van der Waals surface area contributed by atoms with Gasteiger partial charge in [0.05, 0.1) is 37.1 Å². The Bertz CT molecular complexity index is 1300. The van der Waals surface area contributed by atoms with Gasteiger partial charge < -0.3 is 29.7 Å². The van der Waals surface area contributed by atoms with Crippen LogP contribution in [0, 0.1) is 25.7 Å². The van der Waals surface area contributed by atoms with E-state index in [2.05, 4.69) is 34.4 Å². The van der Waals surface area contributed by atoms with E-state index in [1.807, 2.05) is 39.0 Å². The topological polar surface area (TPSA) is 125 Å². The molecule has 1 spiro atoms. The Morgan fingerprint density at radius 1 is 1.30 bits per heavy atom. The van der Waals surface area contributed by atoms with E-state index >= 15 is 0 Å². The molecule has 3 aliphatic heterocycles. The van der Waals surface area contributed by atoms with Crippen molar-refractivity contribution in [2.45, 2.75) is 88.1 Å². The molecule has 1 aromatic carbocycles.